The van der Waals surface area contributed by atoms with E-state index in [4.69, 9.17) is 19.4 Å². The van der Waals surface area contributed by atoms with E-state index in [1.807, 2.05) is 0 Å². The van der Waals surface area contributed by atoms with Gasteiger partial charge in [0.25, 0.3) is 0 Å². The molecule has 14 aromatic rings. The van der Waals surface area contributed by atoms with Gasteiger partial charge in [0.15, 0.2) is 23.1 Å². The second kappa shape index (κ2) is 13.4. The lowest BCUT2D eigenvalue weighted by Crippen LogP contribution is -2.01. The van der Waals surface area contributed by atoms with E-state index in [0.717, 1.165) is 82.3 Å². The second-order valence-electron chi connectivity index (χ2n) is 16.8. The smallest absolute Gasteiger partial charge is 0.164 e. The number of hydrogen-bond acceptors (Lipinski definition) is 4. The zero-order valence-electron chi connectivity index (χ0n) is 34.3. The van der Waals surface area contributed by atoms with Crippen molar-refractivity contribution in [2.75, 3.05) is 0 Å². The number of benzene rings is 11. The molecule has 0 aliphatic heterocycles. The fourth-order valence-corrected chi connectivity index (χ4v) is 10.00. The summed E-state index contributed by atoms with van der Waals surface area (Å²) in [6.07, 6.45) is 0. The zero-order chi connectivity index (χ0) is 41.9. The van der Waals surface area contributed by atoms with E-state index in [2.05, 4.69) is 211 Å². The van der Waals surface area contributed by atoms with Crippen LogP contribution in [0.15, 0.2) is 211 Å². The van der Waals surface area contributed by atoms with E-state index >= 15 is 0 Å². The predicted molar refractivity (Wildman–Crippen MR) is 265 cm³/mol. The average Bonchev–Trinajstić information content (AvgIpc) is 3.88. The molecule has 0 unspecified atom stereocenters. The Hall–Kier alpha value is -8.67. The van der Waals surface area contributed by atoms with Crippen LogP contribution in [0.25, 0.3) is 137 Å². The molecule has 3 aromatic heterocycles. The van der Waals surface area contributed by atoms with Gasteiger partial charge < -0.3 is 8.98 Å². The van der Waals surface area contributed by atoms with Crippen molar-refractivity contribution in [1.82, 2.24) is 19.5 Å². The first-order chi connectivity index (χ1) is 31.7. The fraction of sp³-hybridized carbons (Fsp3) is 0. The SMILES string of the molecule is c1ccc2cc(-c3nc(-c4ccc5c(ccc6ccccc65)c4)nc(-c4cc(-n5c6ccccc6c6cc7ccccc7cc65)c5oc6cc7ccccc7cc6c5c4)n3)ccc2c1. The van der Waals surface area contributed by atoms with Crippen molar-refractivity contribution in [2.45, 2.75) is 0 Å². The lowest BCUT2D eigenvalue weighted by atomic mass is 10.00. The number of para-hydroxylation sites is 1. The van der Waals surface area contributed by atoms with Crippen LogP contribution in [0.2, 0.25) is 0 Å². The molecular weight excluding hydrogens is 781 g/mol. The Morgan fingerprint density at radius 1 is 0.297 bits per heavy atom. The maximum Gasteiger partial charge on any atom is 0.164 e. The van der Waals surface area contributed by atoms with Crippen LogP contribution < -0.4 is 0 Å². The Bertz CT molecular complexity index is 4270. The van der Waals surface area contributed by atoms with Crippen LogP contribution in [-0.2, 0) is 0 Å². The zero-order valence-corrected chi connectivity index (χ0v) is 34.3. The highest BCUT2D eigenvalue weighted by Crippen LogP contribution is 2.43. The third-order valence-electron chi connectivity index (χ3n) is 13.1. The number of furan rings is 1. The summed E-state index contributed by atoms with van der Waals surface area (Å²) in [5.74, 6) is 1.80. The molecule has 0 aliphatic rings. The van der Waals surface area contributed by atoms with Crippen molar-refractivity contribution >= 4 is 97.6 Å². The molecule has 0 radical (unpaired) electrons. The summed E-state index contributed by atoms with van der Waals surface area (Å²) in [6.45, 7) is 0. The van der Waals surface area contributed by atoms with E-state index < -0.39 is 0 Å². The summed E-state index contributed by atoms with van der Waals surface area (Å²) in [5, 5.41) is 16.1. The van der Waals surface area contributed by atoms with Gasteiger partial charge in [-0.15, -0.1) is 0 Å². The van der Waals surface area contributed by atoms with Gasteiger partial charge in [-0.1, -0.05) is 152 Å². The molecule has 5 heteroatoms. The Morgan fingerprint density at radius 3 is 1.56 bits per heavy atom. The monoisotopic (exact) mass is 814 g/mol. The molecule has 0 saturated heterocycles. The van der Waals surface area contributed by atoms with Crippen LogP contribution in [0.5, 0.6) is 0 Å². The van der Waals surface area contributed by atoms with E-state index in [0.29, 0.717) is 17.5 Å². The third kappa shape index (κ3) is 5.34. The van der Waals surface area contributed by atoms with Gasteiger partial charge in [-0.3, -0.25) is 0 Å². The molecule has 64 heavy (non-hydrogen) atoms. The molecule has 11 aromatic carbocycles. The molecule has 5 nitrogen and oxygen atoms in total. The summed E-state index contributed by atoms with van der Waals surface area (Å²) >= 11 is 0. The first-order valence-corrected chi connectivity index (χ1v) is 21.7. The highest BCUT2D eigenvalue weighted by Gasteiger charge is 2.22. The number of rotatable bonds is 4. The van der Waals surface area contributed by atoms with Gasteiger partial charge in [0.1, 0.15) is 5.58 Å². The average molecular weight is 815 g/mol. The quantitative estimate of drug-likeness (QED) is 0.166. The summed E-state index contributed by atoms with van der Waals surface area (Å²) in [4.78, 5) is 16.0. The van der Waals surface area contributed by atoms with E-state index in [9.17, 15) is 0 Å². The molecule has 14 rings (SSSR count). The summed E-state index contributed by atoms with van der Waals surface area (Å²) in [6, 6.07) is 73.5. The van der Waals surface area contributed by atoms with E-state index in [1.54, 1.807) is 0 Å². The number of nitrogens with zero attached hydrogens (tertiary/aromatic N) is 4. The van der Waals surface area contributed by atoms with Crippen LogP contribution in [-0.4, -0.2) is 19.5 Å². The van der Waals surface area contributed by atoms with Crippen molar-refractivity contribution in [3.63, 3.8) is 0 Å². The molecule has 0 spiro atoms. The maximum atomic E-state index is 7.02. The predicted octanol–water partition coefficient (Wildman–Crippen LogP) is 15.6. The minimum Gasteiger partial charge on any atom is -0.454 e. The molecule has 0 bridgehead atoms. The molecular formula is C59H34N4O. The molecule has 0 amide bonds. The minimum absolute atomic E-state index is 0.580. The highest BCUT2D eigenvalue weighted by atomic mass is 16.3. The number of aromatic nitrogens is 4. The van der Waals surface area contributed by atoms with Gasteiger partial charge in [0.05, 0.1) is 16.7 Å². The van der Waals surface area contributed by atoms with Gasteiger partial charge in [-0.2, -0.15) is 0 Å². The Kier molecular flexibility index (Phi) is 7.33. The van der Waals surface area contributed by atoms with Gasteiger partial charge >= 0.3 is 0 Å². The largest absolute Gasteiger partial charge is 0.454 e. The Labute approximate surface area is 366 Å². The van der Waals surface area contributed by atoms with Gasteiger partial charge in [0.2, 0.25) is 0 Å². The standard InChI is InChI=1S/C59H34N4O/c1-2-13-37-27-43(24-21-35(37)11-1)57-60-58(44-25-26-47-42(28-44)23-22-36-12-7-8-18-46(36)47)62-59(61-57)45-31-51-50-30-39-15-4-6-17-41(39)34-55(50)64-56(51)54(33-45)63-52-20-10-9-19-48(52)49-29-38-14-3-5-16-40(38)32-53(49)63/h1-34H. The first kappa shape index (κ1) is 35.0. The maximum absolute atomic E-state index is 7.02. The van der Waals surface area contributed by atoms with Crippen molar-refractivity contribution in [1.29, 1.82) is 0 Å². The summed E-state index contributed by atoms with van der Waals surface area (Å²) in [5.41, 5.74) is 7.44. The summed E-state index contributed by atoms with van der Waals surface area (Å²) < 4.78 is 9.38. The normalized spacial score (nSPS) is 12.1. The van der Waals surface area contributed by atoms with Crippen molar-refractivity contribution in [2.24, 2.45) is 0 Å². The van der Waals surface area contributed by atoms with Crippen LogP contribution in [0.4, 0.5) is 0 Å². The van der Waals surface area contributed by atoms with Gasteiger partial charge in [0, 0.05) is 38.2 Å². The molecule has 3 heterocycles. The summed E-state index contributed by atoms with van der Waals surface area (Å²) in [7, 11) is 0. The lowest BCUT2D eigenvalue weighted by molar-refractivity contribution is 0.667. The highest BCUT2D eigenvalue weighted by molar-refractivity contribution is 6.17. The van der Waals surface area contributed by atoms with Crippen LogP contribution >= 0.6 is 0 Å². The van der Waals surface area contributed by atoms with Gasteiger partial charge in [-0.25, -0.2) is 15.0 Å². The molecule has 0 atom stereocenters. The molecule has 296 valence electrons. The third-order valence-corrected chi connectivity index (χ3v) is 13.1. The van der Waals surface area contributed by atoms with Crippen LogP contribution in [0.3, 0.4) is 0 Å². The van der Waals surface area contributed by atoms with E-state index in [1.165, 1.54) is 37.7 Å². The van der Waals surface area contributed by atoms with E-state index in [-0.39, 0.29) is 0 Å². The van der Waals surface area contributed by atoms with Crippen molar-refractivity contribution in [3.8, 4) is 39.9 Å². The molecule has 0 N–H and O–H groups in total. The minimum atomic E-state index is 0.580. The van der Waals surface area contributed by atoms with Crippen LogP contribution in [0, 0.1) is 0 Å². The molecule has 0 aliphatic carbocycles. The number of fused-ring (bicyclic) bond motifs is 12. The van der Waals surface area contributed by atoms with Crippen LogP contribution in [0.1, 0.15) is 0 Å². The molecule has 0 saturated carbocycles. The first-order valence-electron chi connectivity index (χ1n) is 21.7. The Balaban J connectivity index is 1.07. The van der Waals surface area contributed by atoms with Crippen molar-refractivity contribution < 1.29 is 4.42 Å². The topological polar surface area (TPSA) is 56.7 Å². The second-order valence-corrected chi connectivity index (χ2v) is 16.8. The van der Waals surface area contributed by atoms with Crippen molar-refractivity contribution in [3.05, 3.63) is 206 Å². The lowest BCUT2D eigenvalue weighted by Gasteiger charge is -2.13. The molecule has 0 fully saturated rings. The number of hydrogen-bond donors (Lipinski definition) is 0. The Morgan fingerprint density at radius 2 is 0.812 bits per heavy atom. The fourth-order valence-electron chi connectivity index (χ4n) is 10.00. The van der Waals surface area contributed by atoms with Gasteiger partial charge in [-0.05, 0) is 108 Å².